The fourth-order valence-corrected chi connectivity index (χ4v) is 2.53. The van der Waals surface area contributed by atoms with Crippen LogP contribution >= 0.6 is 11.6 Å². The van der Waals surface area contributed by atoms with Gasteiger partial charge in [0.2, 0.25) is 0 Å². The largest absolute Gasteiger partial charge is 0.353 e. The summed E-state index contributed by atoms with van der Waals surface area (Å²) in [5.41, 5.74) is 8.67. The fourth-order valence-electron chi connectivity index (χ4n) is 2.36. The first-order chi connectivity index (χ1) is 9.70. The SMILES string of the molecule is NCCN1C(=O)c2ccccc2Nc2ccc(Cl)cc21. The Labute approximate surface area is 122 Å². The molecule has 0 saturated heterocycles. The number of amides is 1. The first-order valence-electron chi connectivity index (χ1n) is 6.38. The summed E-state index contributed by atoms with van der Waals surface area (Å²) in [5, 5.41) is 3.88. The van der Waals surface area contributed by atoms with Gasteiger partial charge in [-0.15, -0.1) is 0 Å². The van der Waals surface area contributed by atoms with Crippen molar-refractivity contribution in [3.05, 3.63) is 53.1 Å². The van der Waals surface area contributed by atoms with Crippen molar-refractivity contribution < 1.29 is 4.79 Å². The third-order valence-corrected chi connectivity index (χ3v) is 3.51. The number of nitrogens with zero attached hydrogens (tertiary/aromatic N) is 1. The van der Waals surface area contributed by atoms with E-state index in [1.54, 1.807) is 17.0 Å². The van der Waals surface area contributed by atoms with Crippen LogP contribution < -0.4 is 16.0 Å². The number of nitrogens with one attached hydrogen (secondary N) is 1. The number of nitrogens with two attached hydrogens (primary N) is 1. The zero-order chi connectivity index (χ0) is 14.1. The van der Waals surface area contributed by atoms with E-state index in [2.05, 4.69) is 5.32 Å². The molecule has 102 valence electrons. The van der Waals surface area contributed by atoms with Crippen LogP contribution in [0.4, 0.5) is 17.1 Å². The summed E-state index contributed by atoms with van der Waals surface area (Å²) in [6, 6.07) is 12.9. The van der Waals surface area contributed by atoms with Gasteiger partial charge in [-0.2, -0.15) is 0 Å². The lowest BCUT2D eigenvalue weighted by Crippen LogP contribution is -2.34. The van der Waals surface area contributed by atoms with Crippen molar-refractivity contribution in [1.29, 1.82) is 0 Å². The van der Waals surface area contributed by atoms with Gasteiger partial charge in [0.15, 0.2) is 0 Å². The summed E-state index contributed by atoms with van der Waals surface area (Å²) in [6.45, 7) is 0.835. The maximum absolute atomic E-state index is 12.7. The monoisotopic (exact) mass is 287 g/mol. The summed E-state index contributed by atoms with van der Waals surface area (Å²) < 4.78 is 0. The van der Waals surface area contributed by atoms with Crippen molar-refractivity contribution in [1.82, 2.24) is 0 Å². The van der Waals surface area contributed by atoms with Gasteiger partial charge in [0.05, 0.1) is 22.6 Å². The average Bonchev–Trinajstić information content (AvgIpc) is 2.56. The number of anilines is 3. The van der Waals surface area contributed by atoms with Crippen molar-refractivity contribution in [2.75, 3.05) is 23.3 Å². The minimum atomic E-state index is -0.0698. The van der Waals surface area contributed by atoms with Crippen LogP contribution in [0.3, 0.4) is 0 Å². The van der Waals surface area contributed by atoms with E-state index in [1.165, 1.54) is 0 Å². The Morgan fingerprint density at radius 2 is 1.95 bits per heavy atom. The van der Waals surface area contributed by atoms with Crippen LogP contribution in [0.5, 0.6) is 0 Å². The molecule has 0 aromatic heterocycles. The molecule has 3 N–H and O–H groups in total. The second kappa shape index (κ2) is 5.15. The van der Waals surface area contributed by atoms with Crippen molar-refractivity contribution in [3.8, 4) is 0 Å². The number of para-hydroxylation sites is 1. The predicted octanol–water partition coefficient (Wildman–Crippen LogP) is 3.00. The van der Waals surface area contributed by atoms with Crippen LogP contribution in [0.25, 0.3) is 0 Å². The van der Waals surface area contributed by atoms with Gasteiger partial charge in [-0.3, -0.25) is 4.79 Å². The van der Waals surface area contributed by atoms with Gasteiger partial charge < -0.3 is 16.0 Å². The lowest BCUT2D eigenvalue weighted by atomic mass is 10.1. The smallest absolute Gasteiger partial charge is 0.260 e. The van der Waals surface area contributed by atoms with Gasteiger partial charge in [0.25, 0.3) is 5.91 Å². The molecule has 0 spiro atoms. The summed E-state index contributed by atoms with van der Waals surface area (Å²) in [6.07, 6.45) is 0. The van der Waals surface area contributed by atoms with Crippen LogP contribution in [-0.2, 0) is 0 Å². The molecule has 0 fully saturated rings. The van der Waals surface area contributed by atoms with E-state index in [1.807, 2.05) is 30.3 Å². The van der Waals surface area contributed by atoms with E-state index in [0.717, 1.165) is 17.1 Å². The van der Waals surface area contributed by atoms with Crippen LogP contribution in [0.1, 0.15) is 10.4 Å². The van der Waals surface area contributed by atoms with E-state index in [4.69, 9.17) is 17.3 Å². The van der Waals surface area contributed by atoms with Crippen molar-refractivity contribution in [2.24, 2.45) is 5.73 Å². The lowest BCUT2D eigenvalue weighted by Gasteiger charge is -2.22. The fraction of sp³-hybridized carbons (Fsp3) is 0.133. The Morgan fingerprint density at radius 1 is 1.15 bits per heavy atom. The molecule has 5 heteroatoms. The second-order valence-corrected chi connectivity index (χ2v) is 5.01. The Morgan fingerprint density at radius 3 is 2.75 bits per heavy atom. The van der Waals surface area contributed by atoms with E-state index in [-0.39, 0.29) is 5.91 Å². The number of hydrogen-bond acceptors (Lipinski definition) is 3. The summed E-state index contributed by atoms with van der Waals surface area (Å²) in [4.78, 5) is 14.4. The highest BCUT2D eigenvalue weighted by molar-refractivity contribution is 6.31. The molecule has 20 heavy (non-hydrogen) atoms. The zero-order valence-corrected chi connectivity index (χ0v) is 11.5. The predicted molar refractivity (Wildman–Crippen MR) is 81.9 cm³/mol. The Kier molecular flexibility index (Phi) is 3.34. The van der Waals surface area contributed by atoms with Crippen LogP contribution in [-0.4, -0.2) is 19.0 Å². The van der Waals surface area contributed by atoms with Crippen LogP contribution in [0, 0.1) is 0 Å². The normalized spacial score (nSPS) is 13.3. The molecule has 2 aromatic carbocycles. The van der Waals surface area contributed by atoms with Gasteiger partial charge in [-0.25, -0.2) is 0 Å². The Balaban J connectivity index is 2.20. The molecule has 1 amide bonds. The first kappa shape index (κ1) is 13.0. The van der Waals surface area contributed by atoms with E-state index >= 15 is 0 Å². The number of halogens is 1. The average molecular weight is 288 g/mol. The van der Waals surface area contributed by atoms with E-state index < -0.39 is 0 Å². The third kappa shape index (κ3) is 2.13. The molecule has 2 aromatic rings. The van der Waals surface area contributed by atoms with Gasteiger partial charge >= 0.3 is 0 Å². The highest BCUT2D eigenvalue weighted by Gasteiger charge is 2.25. The lowest BCUT2D eigenvalue weighted by molar-refractivity contribution is 0.0989. The highest BCUT2D eigenvalue weighted by atomic mass is 35.5. The van der Waals surface area contributed by atoms with Crippen molar-refractivity contribution in [2.45, 2.75) is 0 Å². The number of hydrogen-bond donors (Lipinski definition) is 2. The number of benzene rings is 2. The highest BCUT2D eigenvalue weighted by Crippen LogP contribution is 2.36. The molecule has 1 heterocycles. The molecule has 0 aliphatic carbocycles. The molecular weight excluding hydrogens is 274 g/mol. The maximum Gasteiger partial charge on any atom is 0.260 e. The topological polar surface area (TPSA) is 58.4 Å². The molecule has 1 aliphatic rings. The molecule has 0 unspecified atom stereocenters. The minimum absolute atomic E-state index is 0.0698. The molecule has 0 bridgehead atoms. The molecule has 1 aliphatic heterocycles. The van der Waals surface area contributed by atoms with Gasteiger partial charge in [-0.1, -0.05) is 23.7 Å². The van der Waals surface area contributed by atoms with E-state index in [9.17, 15) is 4.79 Å². The molecule has 4 nitrogen and oxygen atoms in total. The third-order valence-electron chi connectivity index (χ3n) is 3.28. The van der Waals surface area contributed by atoms with Crippen molar-refractivity contribution in [3.63, 3.8) is 0 Å². The van der Waals surface area contributed by atoms with E-state index in [0.29, 0.717) is 23.7 Å². The summed E-state index contributed by atoms with van der Waals surface area (Å²) >= 11 is 6.06. The Bertz CT molecular complexity index is 672. The van der Waals surface area contributed by atoms with Crippen LogP contribution in [0.15, 0.2) is 42.5 Å². The minimum Gasteiger partial charge on any atom is -0.353 e. The number of rotatable bonds is 2. The first-order valence-corrected chi connectivity index (χ1v) is 6.76. The standard InChI is InChI=1S/C15H14ClN3O/c16-10-5-6-13-14(9-10)19(8-7-17)15(20)11-3-1-2-4-12(11)18-13/h1-6,9,18H,7-8,17H2. The van der Waals surface area contributed by atoms with Crippen LogP contribution in [0.2, 0.25) is 5.02 Å². The summed E-state index contributed by atoms with van der Waals surface area (Å²) in [7, 11) is 0. The molecule has 3 rings (SSSR count). The molecule has 0 atom stereocenters. The second-order valence-electron chi connectivity index (χ2n) is 4.58. The molecule has 0 radical (unpaired) electrons. The number of fused-ring (bicyclic) bond motifs is 2. The maximum atomic E-state index is 12.7. The number of carbonyl (C=O) groups excluding carboxylic acids is 1. The quantitative estimate of drug-likeness (QED) is 0.893. The number of carbonyl (C=O) groups is 1. The molecule has 0 saturated carbocycles. The zero-order valence-electron chi connectivity index (χ0n) is 10.8. The summed E-state index contributed by atoms with van der Waals surface area (Å²) in [5.74, 6) is -0.0698. The van der Waals surface area contributed by atoms with Gasteiger partial charge in [-0.05, 0) is 30.3 Å². The molecular formula is C15H14ClN3O. The van der Waals surface area contributed by atoms with Gasteiger partial charge in [0.1, 0.15) is 0 Å². The van der Waals surface area contributed by atoms with Crippen molar-refractivity contribution >= 4 is 34.6 Å². The Hall–Kier alpha value is -2.04. The van der Waals surface area contributed by atoms with Gasteiger partial charge in [0, 0.05) is 18.1 Å².